The molecule has 2 atom stereocenters. The normalized spacial score (nSPS) is 14.7. The molecule has 0 bridgehead atoms. The zero-order valence-electron chi connectivity index (χ0n) is 27.4. The third-order valence-corrected chi connectivity index (χ3v) is 6.22. The molecule has 0 fully saturated rings. The number of nitrogens with one attached hydrogen (secondary N) is 3. The number of nitrogens with zero attached hydrogens (tertiary/aromatic N) is 3. The summed E-state index contributed by atoms with van der Waals surface area (Å²) in [6.45, 7) is 20.2. The summed E-state index contributed by atoms with van der Waals surface area (Å²) < 4.78 is 5.23. The lowest BCUT2D eigenvalue weighted by molar-refractivity contribution is -0.121. The Bertz CT molecular complexity index is 1020. The second kappa shape index (κ2) is 23.5. The molecule has 9 heteroatoms. The summed E-state index contributed by atoms with van der Waals surface area (Å²) in [6.07, 6.45) is 9.64. The van der Waals surface area contributed by atoms with Gasteiger partial charge < -0.3 is 15.8 Å². The van der Waals surface area contributed by atoms with Gasteiger partial charge in [-0.3, -0.25) is 10.2 Å². The predicted octanol–water partition coefficient (Wildman–Crippen LogP) is 8.17. The highest BCUT2D eigenvalue weighted by atomic mass is 16.5. The van der Waals surface area contributed by atoms with E-state index in [2.05, 4.69) is 60.4 Å². The van der Waals surface area contributed by atoms with Crippen LogP contribution in [0.5, 0.6) is 0 Å². The molecule has 0 aliphatic carbocycles. The smallest absolute Gasteiger partial charge is 0.213 e. The zero-order valence-corrected chi connectivity index (χ0v) is 27.4. The number of allylic oxidation sites excluding steroid dienone is 2. The van der Waals surface area contributed by atoms with Crippen LogP contribution in [0.3, 0.4) is 0 Å². The molecule has 0 saturated carbocycles. The minimum atomic E-state index is -0.174. The Kier molecular flexibility index (Phi) is 22.9. The number of ketones is 1. The van der Waals surface area contributed by atoms with Crippen LogP contribution < -0.4 is 11.1 Å². The van der Waals surface area contributed by atoms with Gasteiger partial charge in [-0.1, -0.05) is 61.0 Å². The average Bonchev–Trinajstić information content (AvgIpc) is 2.97. The first-order chi connectivity index (χ1) is 19.5. The van der Waals surface area contributed by atoms with Crippen LogP contribution >= 0.6 is 0 Å². The monoisotopic (exact) mass is 571 g/mol. The number of aliphatic imine (C=N–C) groups is 1. The molecular weight excluding hydrogens is 514 g/mol. The van der Waals surface area contributed by atoms with Gasteiger partial charge in [-0.2, -0.15) is 0 Å². The molecule has 2 rings (SSSR count). The maximum atomic E-state index is 11.8. The number of amidine groups is 1. The molecule has 0 aromatic carbocycles. The lowest BCUT2D eigenvalue weighted by Gasteiger charge is -2.26. The molecule has 5 N–H and O–H groups in total. The van der Waals surface area contributed by atoms with E-state index in [-0.39, 0.29) is 17.5 Å². The third-order valence-electron chi connectivity index (χ3n) is 6.22. The van der Waals surface area contributed by atoms with Crippen LogP contribution in [0.15, 0.2) is 40.3 Å². The van der Waals surface area contributed by atoms with Crippen LogP contribution in [0.25, 0.3) is 0 Å². The third kappa shape index (κ3) is 15.4. The highest BCUT2D eigenvalue weighted by Crippen LogP contribution is 2.26. The summed E-state index contributed by atoms with van der Waals surface area (Å²) in [5.74, 6) is 1.48. The molecule has 0 spiro atoms. The number of anilines is 1. The first-order valence-electron chi connectivity index (χ1n) is 14.8. The topological polar surface area (TPSA) is 150 Å². The molecule has 41 heavy (non-hydrogen) atoms. The largest absolute Gasteiger partial charge is 0.481 e. The van der Waals surface area contributed by atoms with Crippen LogP contribution in [0, 0.1) is 23.8 Å². The molecule has 1 aromatic heterocycles. The molecule has 0 amide bonds. The molecule has 1 aliphatic rings. The molecule has 1 aromatic rings. The molecule has 2 unspecified atom stereocenters. The average molecular weight is 572 g/mol. The Labute approximate surface area is 249 Å². The molecule has 2 heterocycles. The number of rotatable bonds is 11. The van der Waals surface area contributed by atoms with Crippen molar-refractivity contribution in [2.24, 2.45) is 21.8 Å². The van der Waals surface area contributed by atoms with E-state index in [1.165, 1.54) is 13.5 Å². The fourth-order valence-corrected chi connectivity index (χ4v) is 3.86. The highest BCUT2D eigenvalue weighted by Gasteiger charge is 2.20. The van der Waals surface area contributed by atoms with Gasteiger partial charge in [0.15, 0.2) is 5.84 Å². The zero-order chi connectivity index (χ0) is 32.0. The van der Waals surface area contributed by atoms with E-state index in [4.69, 9.17) is 15.7 Å². The summed E-state index contributed by atoms with van der Waals surface area (Å²) in [4.78, 5) is 20.7. The number of pyridine rings is 1. The molecule has 0 saturated heterocycles. The first-order valence-corrected chi connectivity index (χ1v) is 14.8. The molecule has 1 aliphatic heterocycles. The van der Waals surface area contributed by atoms with Crippen molar-refractivity contribution in [2.75, 3.05) is 19.5 Å². The number of methoxy groups -OCH3 is 1. The van der Waals surface area contributed by atoms with Crippen molar-refractivity contribution in [3.63, 3.8) is 0 Å². The number of aryl methyl sites for hydroxylation is 2. The van der Waals surface area contributed by atoms with E-state index >= 15 is 0 Å². The van der Waals surface area contributed by atoms with Gasteiger partial charge >= 0.3 is 0 Å². The predicted molar refractivity (Wildman–Crippen MR) is 174 cm³/mol. The van der Waals surface area contributed by atoms with Crippen molar-refractivity contribution in [2.45, 2.75) is 113 Å². The van der Waals surface area contributed by atoms with Crippen LogP contribution in [0.4, 0.5) is 5.82 Å². The summed E-state index contributed by atoms with van der Waals surface area (Å²) in [5.41, 5.74) is 15.7. The van der Waals surface area contributed by atoms with E-state index in [9.17, 15) is 4.79 Å². The van der Waals surface area contributed by atoms with Crippen LogP contribution in [0.2, 0.25) is 0 Å². The number of nitrogens with two attached hydrogens (primary N) is 1. The van der Waals surface area contributed by atoms with Crippen LogP contribution in [-0.2, 0) is 16.0 Å². The Hall–Kier alpha value is -3.20. The molecule has 0 radical (unpaired) electrons. The van der Waals surface area contributed by atoms with Crippen molar-refractivity contribution in [3.05, 3.63) is 47.0 Å². The summed E-state index contributed by atoms with van der Waals surface area (Å²) in [6, 6.07) is 2.44. The van der Waals surface area contributed by atoms with Gasteiger partial charge in [-0.05, 0) is 70.2 Å². The number of carbonyl (C=O) groups excluding carboxylic acids is 1. The quantitative estimate of drug-likeness (QED) is 0.0694. The lowest BCUT2D eigenvalue weighted by atomic mass is 9.95. The van der Waals surface area contributed by atoms with Crippen molar-refractivity contribution < 1.29 is 9.53 Å². The minimum Gasteiger partial charge on any atom is -0.481 e. The van der Waals surface area contributed by atoms with E-state index in [0.717, 1.165) is 66.9 Å². The van der Waals surface area contributed by atoms with Gasteiger partial charge in [0.1, 0.15) is 11.6 Å². The van der Waals surface area contributed by atoms with E-state index in [0.29, 0.717) is 23.9 Å². The summed E-state index contributed by atoms with van der Waals surface area (Å²) in [7, 11) is 3.08. The molecule has 9 nitrogen and oxygen atoms in total. The van der Waals surface area contributed by atoms with Crippen LogP contribution in [0.1, 0.15) is 110 Å². The van der Waals surface area contributed by atoms with Crippen LogP contribution in [-0.4, -0.2) is 42.5 Å². The van der Waals surface area contributed by atoms with Gasteiger partial charge in [-0.15, -0.1) is 5.11 Å². The first kappa shape index (κ1) is 39.9. The summed E-state index contributed by atoms with van der Waals surface area (Å²) in [5, 5.41) is 14.2. The Morgan fingerprint density at radius 2 is 1.83 bits per heavy atom. The van der Waals surface area contributed by atoms with E-state index in [1.807, 2.05) is 33.8 Å². The Morgan fingerprint density at radius 3 is 2.32 bits per heavy atom. The fourth-order valence-electron chi connectivity index (χ4n) is 3.86. The number of ether oxygens (including phenoxy) is 1. The minimum absolute atomic E-state index is 0.0181. The number of carbonyl (C=O) groups is 1. The number of aromatic nitrogens is 1. The maximum Gasteiger partial charge on any atom is 0.213 e. The van der Waals surface area contributed by atoms with Gasteiger partial charge in [0, 0.05) is 35.7 Å². The van der Waals surface area contributed by atoms with E-state index in [1.54, 1.807) is 13.2 Å². The van der Waals surface area contributed by atoms with Crippen molar-refractivity contribution in [1.29, 1.82) is 10.9 Å². The summed E-state index contributed by atoms with van der Waals surface area (Å²) >= 11 is 0. The van der Waals surface area contributed by atoms with Gasteiger partial charge in [0.05, 0.1) is 12.8 Å². The standard InChI is InChI=1S/C16H27NO2.C12H17N5.C3H8.CH5N/c1-7-9-13(4)17-16(19-6)11-12(3)14(5)15(18)10-8-2;1-3-9-5-4-8-6-10(11(13)17-14)7(2)15-12(8)16-9;1-3-2;1-2/h11,14H,3,7-10H2,1-2,4-6H3;6,9,13-14H,3-5H2,1-2H3,(H,15,16);3H2,1-2H3;2H2,1H3/b16-11+,17-13-;;;. The fraction of sp³-hybridized carbons (Fsp3) is 0.625. The van der Waals surface area contributed by atoms with Crippen molar-refractivity contribution in [3.8, 4) is 0 Å². The SMILES string of the molecule is C=C(/C=C(\N=C(\C)CCC)OC)C(C)C(=O)CCC.CCC.CCC1CCc2cc(C(=N)N=N)c(C)nc2N1.CN. The molecule has 232 valence electrons. The van der Waals surface area contributed by atoms with Gasteiger partial charge in [-0.25, -0.2) is 15.5 Å². The lowest BCUT2D eigenvalue weighted by Crippen LogP contribution is -2.26. The Morgan fingerprint density at radius 1 is 1.24 bits per heavy atom. The number of hydrogen-bond acceptors (Lipinski definition) is 8. The van der Waals surface area contributed by atoms with Gasteiger partial charge in [0.25, 0.3) is 0 Å². The highest BCUT2D eigenvalue weighted by molar-refractivity contribution is 5.97. The second-order valence-corrected chi connectivity index (χ2v) is 9.88. The number of fused-ring (bicyclic) bond motifs is 1. The van der Waals surface area contributed by atoms with Crippen molar-refractivity contribution >= 4 is 23.1 Å². The second-order valence-electron chi connectivity index (χ2n) is 9.88. The number of hydrogen-bond donors (Lipinski definition) is 4. The maximum absolute atomic E-state index is 11.8. The number of Topliss-reactive ketones (excluding diaryl/α,β-unsaturated/α-hetero) is 1. The van der Waals surface area contributed by atoms with E-state index < -0.39 is 0 Å². The Balaban J connectivity index is 0. The molecular formula is C32H57N7O2. The van der Waals surface area contributed by atoms with Crippen molar-refractivity contribution in [1.82, 2.24) is 4.98 Å². The van der Waals surface area contributed by atoms with Gasteiger partial charge in [0.2, 0.25) is 5.88 Å².